The molecule has 0 aromatic carbocycles. The Hall–Kier alpha value is -0.650. The molecule has 1 heterocycles. The van der Waals surface area contributed by atoms with Gasteiger partial charge in [0.2, 0.25) is 0 Å². The number of anilines is 1. The lowest BCUT2D eigenvalue weighted by molar-refractivity contribution is 0.181. The van der Waals surface area contributed by atoms with Gasteiger partial charge in [-0.25, -0.2) is 4.98 Å². The largest absolute Gasteiger partial charge is 0.378 e. The molecule has 0 saturated heterocycles. The van der Waals surface area contributed by atoms with E-state index < -0.39 is 0 Å². The third-order valence-corrected chi connectivity index (χ3v) is 4.06. The highest BCUT2D eigenvalue weighted by Crippen LogP contribution is 2.26. The Kier molecular flexibility index (Phi) is 7.48. The summed E-state index contributed by atoms with van der Waals surface area (Å²) in [6, 6.07) is 0. The molecular weight excluding hydrogens is 270 g/mol. The van der Waals surface area contributed by atoms with Crippen LogP contribution >= 0.6 is 11.3 Å². The number of nitrogens with zero attached hydrogens (tertiary/aromatic N) is 2. The van der Waals surface area contributed by atoms with Gasteiger partial charge in [-0.3, -0.25) is 0 Å². The van der Waals surface area contributed by atoms with E-state index in [1.54, 1.807) is 18.4 Å². The van der Waals surface area contributed by atoms with E-state index in [-0.39, 0.29) is 0 Å². The fourth-order valence-electron chi connectivity index (χ4n) is 2.02. The number of hydrogen-bond acceptors (Lipinski definition) is 5. The first-order valence-corrected chi connectivity index (χ1v) is 8.15. The van der Waals surface area contributed by atoms with Crippen molar-refractivity contribution in [1.82, 2.24) is 10.3 Å². The summed E-state index contributed by atoms with van der Waals surface area (Å²) < 4.78 is 5.27. The molecule has 0 radical (unpaired) electrons. The van der Waals surface area contributed by atoms with Gasteiger partial charge in [0.05, 0.1) is 12.3 Å². The molecule has 4 nitrogen and oxygen atoms in total. The lowest BCUT2D eigenvalue weighted by Gasteiger charge is -2.17. The monoisotopic (exact) mass is 299 g/mol. The van der Waals surface area contributed by atoms with Crippen molar-refractivity contribution < 1.29 is 4.74 Å². The van der Waals surface area contributed by atoms with Crippen LogP contribution in [0.3, 0.4) is 0 Å². The summed E-state index contributed by atoms with van der Waals surface area (Å²) in [5, 5.41) is 4.58. The minimum absolute atomic E-state index is 0.588. The maximum absolute atomic E-state index is 5.27. The van der Waals surface area contributed by atoms with E-state index in [9.17, 15) is 0 Å². The first-order valence-electron chi connectivity index (χ1n) is 7.33. The zero-order valence-electron chi connectivity index (χ0n) is 13.7. The Balaban J connectivity index is 2.73. The van der Waals surface area contributed by atoms with Crippen LogP contribution < -0.4 is 10.2 Å². The van der Waals surface area contributed by atoms with Gasteiger partial charge in [-0.05, 0) is 18.4 Å². The fraction of sp³-hybridized carbons (Fsp3) is 0.800. The molecule has 0 amide bonds. The zero-order valence-corrected chi connectivity index (χ0v) is 14.5. The Morgan fingerprint density at radius 2 is 1.95 bits per heavy atom. The van der Waals surface area contributed by atoms with E-state index >= 15 is 0 Å². The summed E-state index contributed by atoms with van der Waals surface area (Å²) in [7, 11) is 3.84. The number of methoxy groups -OCH3 is 1. The second-order valence-electron chi connectivity index (χ2n) is 6.10. The Bertz CT molecular complexity index is 390. The molecule has 0 bridgehead atoms. The quantitative estimate of drug-likeness (QED) is 0.760. The lowest BCUT2D eigenvalue weighted by atomic mass is 10.2. The van der Waals surface area contributed by atoms with Crippen LogP contribution in [0.25, 0.3) is 0 Å². The van der Waals surface area contributed by atoms with Crippen molar-refractivity contribution in [2.75, 3.05) is 32.1 Å². The highest BCUT2D eigenvalue weighted by atomic mass is 32.1. The molecule has 0 aliphatic carbocycles. The van der Waals surface area contributed by atoms with Gasteiger partial charge in [-0.15, -0.1) is 11.3 Å². The number of rotatable bonds is 9. The van der Waals surface area contributed by atoms with Gasteiger partial charge in [-0.1, -0.05) is 27.7 Å². The fourth-order valence-corrected chi connectivity index (χ4v) is 3.02. The summed E-state index contributed by atoms with van der Waals surface area (Å²) in [4.78, 5) is 8.26. The summed E-state index contributed by atoms with van der Waals surface area (Å²) in [6.07, 6.45) is 0. The third-order valence-electron chi connectivity index (χ3n) is 2.85. The molecule has 20 heavy (non-hydrogen) atoms. The average Bonchev–Trinajstić information content (AvgIpc) is 2.72. The molecule has 1 rings (SSSR count). The van der Waals surface area contributed by atoms with Crippen LogP contribution in [-0.4, -0.2) is 32.2 Å². The predicted molar refractivity (Wildman–Crippen MR) is 87.5 cm³/mol. The van der Waals surface area contributed by atoms with Crippen molar-refractivity contribution in [3.05, 3.63) is 10.6 Å². The van der Waals surface area contributed by atoms with E-state index in [2.05, 4.69) is 45.0 Å². The van der Waals surface area contributed by atoms with Gasteiger partial charge in [0.15, 0.2) is 5.13 Å². The number of aromatic nitrogens is 1. The number of ether oxygens (including phenoxy) is 1. The van der Waals surface area contributed by atoms with Crippen LogP contribution in [0.15, 0.2) is 0 Å². The molecule has 0 saturated carbocycles. The highest BCUT2D eigenvalue weighted by molar-refractivity contribution is 7.15. The van der Waals surface area contributed by atoms with Crippen molar-refractivity contribution in [2.24, 2.45) is 11.8 Å². The SMILES string of the molecule is COCc1nc(N(C)CC(C)C)sc1CNCC(C)C. The highest BCUT2D eigenvalue weighted by Gasteiger charge is 2.14. The van der Waals surface area contributed by atoms with E-state index in [0.717, 1.165) is 30.5 Å². The smallest absolute Gasteiger partial charge is 0.185 e. The molecule has 0 fully saturated rings. The van der Waals surface area contributed by atoms with Crippen molar-refractivity contribution in [3.63, 3.8) is 0 Å². The molecule has 1 aromatic heterocycles. The summed E-state index contributed by atoms with van der Waals surface area (Å²) in [5.41, 5.74) is 1.07. The number of nitrogens with one attached hydrogen (secondary N) is 1. The molecule has 0 aliphatic rings. The lowest BCUT2D eigenvalue weighted by Crippen LogP contribution is -2.22. The molecule has 116 valence electrons. The van der Waals surface area contributed by atoms with Gasteiger partial charge in [0, 0.05) is 32.1 Å². The third kappa shape index (κ3) is 5.77. The van der Waals surface area contributed by atoms with Crippen LogP contribution in [0.5, 0.6) is 0 Å². The number of thiazole rings is 1. The maximum Gasteiger partial charge on any atom is 0.185 e. The first-order chi connectivity index (χ1) is 9.43. The summed E-state index contributed by atoms with van der Waals surface area (Å²) >= 11 is 1.77. The van der Waals surface area contributed by atoms with Crippen LogP contribution in [0.1, 0.15) is 38.3 Å². The van der Waals surface area contributed by atoms with Crippen molar-refractivity contribution in [1.29, 1.82) is 0 Å². The van der Waals surface area contributed by atoms with Crippen molar-refractivity contribution >= 4 is 16.5 Å². The predicted octanol–water partition coefficient (Wildman–Crippen LogP) is 3.13. The molecule has 0 aliphatic heterocycles. The topological polar surface area (TPSA) is 37.4 Å². The minimum Gasteiger partial charge on any atom is -0.378 e. The molecule has 0 spiro atoms. The summed E-state index contributed by atoms with van der Waals surface area (Å²) in [5.74, 6) is 1.30. The molecule has 1 N–H and O–H groups in total. The van der Waals surface area contributed by atoms with Crippen LogP contribution in [0, 0.1) is 11.8 Å². The van der Waals surface area contributed by atoms with E-state index in [1.165, 1.54) is 4.88 Å². The van der Waals surface area contributed by atoms with Crippen LogP contribution in [0.4, 0.5) is 5.13 Å². The second-order valence-corrected chi connectivity index (χ2v) is 7.16. The zero-order chi connectivity index (χ0) is 15.1. The van der Waals surface area contributed by atoms with Gasteiger partial charge >= 0.3 is 0 Å². The van der Waals surface area contributed by atoms with Crippen molar-refractivity contribution in [2.45, 2.75) is 40.8 Å². The number of hydrogen-bond donors (Lipinski definition) is 1. The Morgan fingerprint density at radius 3 is 2.50 bits per heavy atom. The standard InChI is InChI=1S/C15H29N3OS/c1-11(2)7-16-8-14-13(10-19-6)17-15(20-14)18(5)9-12(3)4/h11-12,16H,7-10H2,1-6H3. The van der Waals surface area contributed by atoms with E-state index in [4.69, 9.17) is 9.72 Å². The minimum atomic E-state index is 0.588. The molecular formula is C15H29N3OS. The van der Waals surface area contributed by atoms with E-state index in [0.29, 0.717) is 18.4 Å². The Labute approximate surface area is 127 Å². The van der Waals surface area contributed by atoms with Gasteiger partial charge in [-0.2, -0.15) is 0 Å². The molecule has 0 unspecified atom stereocenters. The van der Waals surface area contributed by atoms with Crippen LogP contribution in [0.2, 0.25) is 0 Å². The Morgan fingerprint density at radius 1 is 1.25 bits per heavy atom. The normalized spacial score (nSPS) is 11.6. The van der Waals surface area contributed by atoms with Gasteiger partial charge < -0.3 is 15.0 Å². The molecule has 0 atom stereocenters. The maximum atomic E-state index is 5.27. The average molecular weight is 299 g/mol. The van der Waals surface area contributed by atoms with Crippen LogP contribution in [-0.2, 0) is 17.9 Å². The second kappa shape index (κ2) is 8.60. The van der Waals surface area contributed by atoms with E-state index in [1.807, 2.05) is 0 Å². The summed E-state index contributed by atoms with van der Waals surface area (Å²) in [6.45, 7) is 12.4. The van der Waals surface area contributed by atoms with Crippen molar-refractivity contribution in [3.8, 4) is 0 Å². The molecule has 1 aromatic rings. The van der Waals surface area contributed by atoms with Gasteiger partial charge in [0.1, 0.15) is 0 Å². The first kappa shape index (κ1) is 17.4. The van der Waals surface area contributed by atoms with Gasteiger partial charge in [0.25, 0.3) is 0 Å². The molecule has 5 heteroatoms.